The molecule has 0 saturated carbocycles. The van der Waals surface area contributed by atoms with Crippen molar-refractivity contribution < 1.29 is 0 Å². The predicted molar refractivity (Wildman–Crippen MR) is 256 cm³/mol. The maximum absolute atomic E-state index is 5.56. The first-order chi connectivity index (χ1) is 30.8. The lowest BCUT2D eigenvalue weighted by atomic mass is 9.90. The summed E-state index contributed by atoms with van der Waals surface area (Å²) in [5, 5.41) is 9.62. The fraction of sp³-hybridized carbons (Fsp3) is 0. The van der Waals surface area contributed by atoms with E-state index >= 15 is 0 Å². The molecule has 0 radical (unpaired) electrons. The first-order valence-corrected chi connectivity index (χ1v) is 21.1. The van der Waals surface area contributed by atoms with Gasteiger partial charge in [0.05, 0.1) is 44.5 Å². The van der Waals surface area contributed by atoms with E-state index in [1.165, 1.54) is 54.2 Å². The van der Waals surface area contributed by atoms with E-state index in [1.807, 2.05) is 0 Å². The molecule has 0 saturated heterocycles. The minimum absolute atomic E-state index is 0.848. The van der Waals surface area contributed by atoms with Gasteiger partial charge in [0.1, 0.15) is 23.3 Å². The SMILES string of the molecule is c1cc(N2c3cc4c(cc3-c3cccc5cccc2c35)c2ccccc2n4-c2cccc(-n3c4ccccc4c4ccccc43)n2)nc(-n2c3ccccc3c3ccccc32)c1. The number of aromatic nitrogens is 5. The van der Waals surface area contributed by atoms with Gasteiger partial charge in [-0.3, -0.25) is 18.6 Å². The molecule has 0 bridgehead atoms. The monoisotopic (exact) mass is 790 g/mol. The zero-order valence-electron chi connectivity index (χ0n) is 33.3. The van der Waals surface area contributed by atoms with Crippen LogP contribution < -0.4 is 4.90 Å². The van der Waals surface area contributed by atoms with Crippen LogP contribution >= 0.6 is 0 Å². The summed E-state index contributed by atoms with van der Waals surface area (Å²) in [6, 6.07) is 74.0. The second kappa shape index (κ2) is 12.5. The lowest BCUT2D eigenvalue weighted by Gasteiger charge is -2.33. The molecule has 6 heterocycles. The van der Waals surface area contributed by atoms with Crippen LogP contribution in [0.2, 0.25) is 0 Å². The van der Waals surface area contributed by atoms with E-state index in [9.17, 15) is 0 Å². The number of anilines is 3. The third kappa shape index (κ3) is 4.52. The largest absolute Gasteiger partial charge is 0.294 e. The maximum Gasteiger partial charge on any atom is 0.140 e. The smallest absolute Gasteiger partial charge is 0.140 e. The van der Waals surface area contributed by atoms with Crippen LogP contribution in [0.25, 0.3) is 105 Å². The summed E-state index contributed by atoms with van der Waals surface area (Å²) in [4.78, 5) is 13.4. The molecule has 62 heavy (non-hydrogen) atoms. The molecule has 0 spiro atoms. The highest BCUT2D eigenvalue weighted by Gasteiger charge is 2.29. The van der Waals surface area contributed by atoms with Crippen molar-refractivity contribution in [2.75, 3.05) is 4.90 Å². The summed E-state index contributed by atoms with van der Waals surface area (Å²) in [6.07, 6.45) is 0. The van der Waals surface area contributed by atoms with Gasteiger partial charge in [-0.2, -0.15) is 0 Å². The van der Waals surface area contributed by atoms with E-state index in [1.54, 1.807) is 0 Å². The fourth-order valence-corrected chi connectivity index (χ4v) is 10.4. The molecular formula is C56H34N6. The Balaban J connectivity index is 1.03. The number of hydrogen-bond acceptors (Lipinski definition) is 3. The van der Waals surface area contributed by atoms with Crippen LogP contribution in [0.4, 0.5) is 17.2 Å². The minimum Gasteiger partial charge on any atom is -0.294 e. The van der Waals surface area contributed by atoms with Gasteiger partial charge in [0.2, 0.25) is 0 Å². The Morgan fingerprint density at radius 1 is 0.274 bits per heavy atom. The molecule has 288 valence electrons. The van der Waals surface area contributed by atoms with Gasteiger partial charge in [0.15, 0.2) is 0 Å². The summed E-state index contributed by atoms with van der Waals surface area (Å²) in [5.41, 5.74) is 11.3. The van der Waals surface area contributed by atoms with Gasteiger partial charge in [0.25, 0.3) is 0 Å². The molecule has 0 atom stereocenters. The van der Waals surface area contributed by atoms with E-state index < -0.39 is 0 Å². The molecule has 13 aromatic rings. The third-order valence-corrected chi connectivity index (χ3v) is 13.0. The van der Waals surface area contributed by atoms with Crippen molar-refractivity contribution in [3.05, 3.63) is 206 Å². The molecule has 8 aromatic carbocycles. The quantitative estimate of drug-likeness (QED) is 0.178. The molecule has 0 amide bonds. The van der Waals surface area contributed by atoms with Crippen molar-refractivity contribution in [2.45, 2.75) is 0 Å². The number of fused-ring (bicyclic) bond motifs is 11. The first kappa shape index (κ1) is 33.4. The van der Waals surface area contributed by atoms with Crippen LogP contribution in [0.3, 0.4) is 0 Å². The van der Waals surface area contributed by atoms with Crippen molar-refractivity contribution in [1.29, 1.82) is 0 Å². The topological polar surface area (TPSA) is 43.8 Å². The number of rotatable bonds is 4. The van der Waals surface area contributed by atoms with E-state index in [0.717, 1.165) is 67.7 Å². The van der Waals surface area contributed by atoms with Crippen LogP contribution in [0, 0.1) is 0 Å². The number of benzene rings is 8. The molecule has 1 aliphatic rings. The van der Waals surface area contributed by atoms with Crippen molar-refractivity contribution in [1.82, 2.24) is 23.7 Å². The summed E-state index contributed by atoms with van der Waals surface area (Å²) < 4.78 is 6.92. The van der Waals surface area contributed by atoms with Crippen LogP contribution in [0.15, 0.2) is 206 Å². The zero-order valence-corrected chi connectivity index (χ0v) is 33.3. The Kier molecular flexibility index (Phi) is 6.74. The molecule has 6 nitrogen and oxygen atoms in total. The fourth-order valence-electron chi connectivity index (χ4n) is 10.4. The average molecular weight is 791 g/mol. The van der Waals surface area contributed by atoms with Gasteiger partial charge in [-0.25, -0.2) is 9.97 Å². The molecule has 0 fully saturated rings. The number of hydrogen-bond donors (Lipinski definition) is 0. The highest BCUT2D eigenvalue weighted by molar-refractivity contribution is 6.19. The summed E-state index contributed by atoms with van der Waals surface area (Å²) >= 11 is 0. The lowest BCUT2D eigenvalue weighted by molar-refractivity contribution is 1.01. The molecule has 0 N–H and O–H groups in total. The van der Waals surface area contributed by atoms with Crippen molar-refractivity contribution >= 4 is 93.4 Å². The molecule has 1 aliphatic heterocycles. The highest BCUT2D eigenvalue weighted by atomic mass is 15.2. The predicted octanol–water partition coefficient (Wildman–Crippen LogP) is 14.4. The molecule has 14 rings (SSSR count). The van der Waals surface area contributed by atoms with Crippen LogP contribution in [-0.2, 0) is 0 Å². The van der Waals surface area contributed by atoms with E-state index in [-0.39, 0.29) is 0 Å². The van der Waals surface area contributed by atoms with Gasteiger partial charge in [0, 0.05) is 43.3 Å². The standard InChI is InChI=1S/C56H34N6/c1-6-23-44-36(17-1)37-18-2-7-24-45(37)59(44)52-29-13-31-54(57-52)61-48-27-10-5-21-40(48)42-33-43-41-22-11-15-35-16-12-28-49(56(35)41)62(51(43)34-50(42)61)55-32-14-30-53(58-55)60-46-25-8-3-19-38(46)39-20-4-9-26-47(39)60/h1-34H. The number of pyridine rings is 2. The second-order valence-electron chi connectivity index (χ2n) is 16.2. The van der Waals surface area contributed by atoms with E-state index in [0.29, 0.717) is 0 Å². The number of nitrogens with zero attached hydrogens (tertiary/aromatic N) is 6. The summed E-state index contributed by atoms with van der Waals surface area (Å²) in [6.45, 7) is 0. The van der Waals surface area contributed by atoms with Crippen LogP contribution in [0.5, 0.6) is 0 Å². The summed E-state index contributed by atoms with van der Waals surface area (Å²) in [5.74, 6) is 3.44. The summed E-state index contributed by atoms with van der Waals surface area (Å²) in [7, 11) is 0. The van der Waals surface area contributed by atoms with Gasteiger partial charge in [-0.1, -0.05) is 133 Å². The van der Waals surface area contributed by atoms with Gasteiger partial charge in [-0.05, 0) is 83.7 Å². The molecule has 0 aliphatic carbocycles. The van der Waals surface area contributed by atoms with Gasteiger partial charge >= 0.3 is 0 Å². The zero-order chi connectivity index (χ0) is 40.5. The van der Waals surface area contributed by atoms with Crippen molar-refractivity contribution in [3.8, 4) is 28.6 Å². The van der Waals surface area contributed by atoms with Crippen LogP contribution in [-0.4, -0.2) is 23.7 Å². The van der Waals surface area contributed by atoms with Crippen molar-refractivity contribution in [2.24, 2.45) is 0 Å². The van der Waals surface area contributed by atoms with Crippen LogP contribution in [0.1, 0.15) is 0 Å². The van der Waals surface area contributed by atoms with Gasteiger partial charge in [-0.15, -0.1) is 0 Å². The molecule has 0 unspecified atom stereocenters. The molecular weight excluding hydrogens is 757 g/mol. The van der Waals surface area contributed by atoms with E-state index in [2.05, 4.69) is 225 Å². The van der Waals surface area contributed by atoms with Crippen molar-refractivity contribution in [3.63, 3.8) is 0 Å². The Labute approximate surface area is 355 Å². The Morgan fingerprint density at radius 2 is 0.677 bits per heavy atom. The van der Waals surface area contributed by atoms with E-state index in [4.69, 9.17) is 9.97 Å². The minimum atomic E-state index is 0.848. The molecule has 5 aromatic heterocycles. The average Bonchev–Trinajstić information content (AvgIpc) is 3.97. The lowest BCUT2D eigenvalue weighted by Crippen LogP contribution is -2.17. The van der Waals surface area contributed by atoms with Gasteiger partial charge < -0.3 is 0 Å². The number of para-hydroxylation sites is 5. The second-order valence-corrected chi connectivity index (χ2v) is 16.2. The Morgan fingerprint density at radius 3 is 1.19 bits per heavy atom. The Hall–Kier alpha value is -8.48. The first-order valence-electron chi connectivity index (χ1n) is 21.1. The highest BCUT2D eigenvalue weighted by Crippen LogP contribution is 2.52. The third-order valence-electron chi connectivity index (χ3n) is 13.0. The maximum atomic E-state index is 5.56. The normalized spacial score (nSPS) is 12.5. The molecule has 6 heteroatoms. The Bertz CT molecular complexity index is 3900.